The van der Waals surface area contributed by atoms with E-state index in [1.54, 1.807) is 0 Å². The summed E-state index contributed by atoms with van der Waals surface area (Å²) >= 11 is 0. The van der Waals surface area contributed by atoms with Gasteiger partial charge in [0.15, 0.2) is 0 Å². The van der Waals surface area contributed by atoms with Gasteiger partial charge in [-0.2, -0.15) is 0 Å². The molecule has 1 atom stereocenters. The lowest BCUT2D eigenvalue weighted by Gasteiger charge is -2.24. The van der Waals surface area contributed by atoms with E-state index in [1.165, 1.54) is 22.8 Å². The first-order valence-corrected chi connectivity index (χ1v) is 8.24. The van der Waals surface area contributed by atoms with Crippen molar-refractivity contribution in [3.8, 4) is 0 Å². The smallest absolute Gasteiger partial charge is 0.134 e. The van der Waals surface area contributed by atoms with E-state index in [0.29, 0.717) is 18.3 Å². The van der Waals surface area contributed by atoms with E-state index in [0.717, 1.165) is 31.9 Å². The highest BCUT2D eigenvalue weighted by Gasteiger charge is 2.20. The molecule has 0 bridgehead atoms. The van der Waals surface area contributed by atoms with Gasteiger partial charge in [-0.25, -0.2) is 9.97 Å². The first-order valence-electron chi connectivity index (χ1n) is 8.24. The van der Waals surface area contributed by atoms with Crippen LogP contribution in [0.1, 0.15) is 5.56 Å². The summed E-state index contributed by atoms with van der Waals surface area (Å²) in [6.45, 7) is 3.20. The third-order valence-corrected chi connectivity index (χ3v) is 4.48. The summed E-state index contributed by atoms with van der Waals surface area (Å²) in [6.07, 6.45) is 4.48. The van der Waals surface area contributed by atoms with Crippen LogP contribution in [0.3, 0.4) is 0 Å². The van der Waals surface area contributed by atoms with Crippen LogP contribution < -0.4 is 10.6 Å². The molecular formula is C18H21N5O. The van der Waals surface area contributed by atoms with E-state index in [9.17, 15) is 0 Å². The van der Waals surface area contributed by atoms with Crippen molar-refractivity contribution in [1.29, 1.82) is 0 Å². The normalized spacial score (nSPS) is 18.7. The summed E-state index contributed by atoms with van der Waals surface area (Å²) in [5.41, 5.74) is 8.30. The number of nitrogens with two attached hydrogens (primary N) is 1. The summed E-state index contributed by atoms with van der Waals surface area (Å²) in [5, 5.41) is 1.25. The first-order chi connectivity index (χ1) is 11.8. The molecule has 0 unspecified atom stereocenters. The van der Waals surface area contributed by atoms with Crippen molar-refractivity contribution >= 4 is 22.5 Å². The molecule has 0 amide bonds. The van der Waals surface area contributed by atoms with Crippen LogP contribution in [0.25, 0.3) is 10.9 Å². The Labute approximate surface area is 140 Å². The van der Waals surface area contributed by atoms with Crippen LogP contribution in [0.15, 0.2) is 42.9 Å². The summed E-state index contributed by atoms with van der Waals surface area (Å²) in [6, 6.07) is 10.5. The van der Waals surface area contributed by atoms with Gasteiger partial charge in [-0.1, -0.05) is 6.07 Å². The van der Waals surface area contributed by atoms with E-state index < -0.39 is 0 Å². The molecule has 1 saturated heterocycles. The molecule has 24 heavy (non-hydrogen) atoms. The highest BCUT2D eigenvalue weighted by Crippen LogP contribution is 2.21. The van der Waals surface area contributed by atoms with Gasteiger partial charge in [0.25, 0.3) is 0 Å². The average molecular weight is 323 g/mol. The fourth-order valence-corrected chi connectivity index (χ4v) is 3.31. The average Bonchev–Trinajstić information content (AvgIpc) is 2.92. The minimum atomic E-state index is 0.417. The molecule has 0 radical (unpaired) electrons. The predicted molar refractivity (Wildman–Crippen MR) is 95.0 cm³/mol. The second kappa shape index (κ2) is 6.49. The van der Waals surface area contributed by atoms with Crippen LogP contribution in [-0.4, -0.2) is 41.3 Å². The predicted octanol–water partition coefficient (Wildman–Crippen LogP) is 2.24. The minimum absolute atomic E-state index is 0.417. The first kappa shape index (κ1) is 15.0. The lowest BCUT2D eigenvalue weighted by Crippen LogP contribution is -2.31. The maximum atomic E-state index is 5.81. The number of aromatic amines is 1. The number of nitrogen functional groups attached to an aromatic ring is 1. The third-order valence-electron chi connectivity index (χ3n) is 4.48. The van der Waals surface area contributed by atoms with Crippen LogP contribution in [-0.2, 0) is 11.2 Å². The Morgan fingerprint density at radius 1 is 1.25 bits per heavy atom. The maximum absolute atomic E-state index is 5.81. The number of ether oxygens (including phenoxy) is 1. The Morgan fingerprint density at radius 3 is 3.12 bits per heavy atom. The Balaban J connectivity index is 1.51. The Bertz CT molecular complexity index is 831. The zero-order chi connectivity index (χ0) is 16.4. The topological polar surface area (TPSA) is 80.1 Å². The highest BCUT2D eigenvalue weighted by atomic mass is 16.5. The standard InChI is InChI=1S/C18H21N5O/c19-17-9-18(22-12-21-17)23-5-6-24-11-14(10-23)7-13-1-2-16-15(8-13)3-4-20-16/h1-4,8-9,12,14,20H,5-7,10-11H2,(H2,19,21,22)/t14-/m1/s1. The van der Waals surface area contributed by atoms with Gasteiger partial charge < -0.3 is 20.4 Å². The number of nitrogens with zero attached hydrogens (tertiary/aromatic N) is 3. The van der Waals surface area contributed by atoms with Crippen LogP contribution in [0.5, 0.6) is 0 Å². The van der Waals surface area contributed by atoms with Gasteiger partial charge in [0.1, 0.15) is 18.0 Å². The zero-order valence-electron chi connectivity index (χ0n) is 13.5. The molecule has 2 aromatic heterocycles. The molecule has 0 spiro atoms. The van der Waals surface area contributed by atoms with Gasteiger partial charge in [-0.15, -0.1) is 0 Å². The maximum Gasteiger partial charge on any atom is 0.134 e. The van der Waals surface area contributed by atoms with Gasteiger partial charge in [-0.05, 0) is 35.6 Å². The monoisotopic (exact) mass is 323 g/mol. The fraction of sp³-hybridized carbons (Fsp3) is 0.333. The van der Waals surface area contributed by atoms with Crippen LogP contribution in [0.2, 0.25) is 0 Å². The molecule has 4 rings (SSSR count). The molecule has 0 aliphatic carbocycles. The molecule has 3 N–H and O–H groups in total. The van der Waals surface area contributed by atoms with E-state index in [-0.39, 0.29) is 0 Å². The largest absolute Gasteiger partial charge is 0.384 e. The number of hydrogen-bond donors (Lipinski definition) is 2. The van der Waals surface area contributed by atoms with Gasteiger partial charge in [0.2, 0.25) is 0 Å². The number of benzene rings is 1. The van der Waals surface area contributed by atoms with Crippen molar-refractivity contribution in [2.45, 2.75) is 6.42 Å². The quantitative estimate of drug-likeness (QED) is 0.772. The summed E-state index contributed by atoms with van der Waals surface area (Å²) < 4.78 is 5.81. The lowest BCUT2D eigenvalue weighted by atomic mass is 9.98. The zero-order valence-corrected chi connectivity index (χ0v) is 13.5. The van der Waals surface area contributed by atoms with Gasteiger partial charge in [0, 0.05) is 36.8 Å². The number of nitrogens with one attached hydrogen (secondary N) is 1. The summed E-state index contributed by atoms with van der Waals surface area (Å²) in [5.74, 6) is 1.79. The third kappa shape index (κ3) is 3.19. The minimum Gasteiger partial charge on any atom is -0.384 e. The highest BCUT2D eigenvalue weighted by molar-refractivity contribution is 5.79. The number of fused-ring (bicyclic) bond motifs is 1. The van der Waals surface area contributed by atoms with E-state index in [1.807, 2.05) is 12.3 Å². The molecular weight excluding hydrogens is 302 g/mol. The van der Waals surface area contributed by atoms with Crippen molar-refractivity contribution in [1.82, 2.24) is 15.0 Å². The van der Waals surface area contributed by atoms with Crippen molar-refractivity contribution < 1.29 is 4.74 Å². The van der Waals surface area contributed by atoms with Crippen molar-refractivity contribution in [2.24, 2.45) is 5.92 Å². The molecule has 1 fully saturated rings. The van der Waals surface area contributed by atoms with Gasteiger partial charge in [-0.3, -0.25) is 0 Å². The number of H-pyrrole nitrogens is 1. The fourth-order valence-electron chi connectivity index (χ4n) is 3.31. The summed E-state index contributed by atoms with van der Waals surface area (Å²) in [7, 11) is 0. The summed E-state index contributed by atoms with van der Waals surface area (Å²) in [4.78, 5) is 13.8. The molecule has 1 aromatic carbocycles. The Kier molecular flexibility index (Phi) is 4.04. The molecule has 3 aromatic rings. The number of anilines is 2. The SMILES string of the molecule is Nc1cc(N2CCOC[C@H](Cc3ccc4[nH]ccc4c3)C2)ncn1. The van der Waals surface area contributed by atoms with Crippen molar-refractivity contribution in [2.75, 3.05) is 36.9 Å². The number of hydrogen-bond acceptors (Lipinski definition) is 5. The van der Waals surface area contributed by atoms with Gasteiger partial charge >= 0.3 is 0 Å². The second-order valence-corrected chi connectivity index (χ2v) is 6.29. The molecule has 3 heterocycles. The number of aromatic nitrogens is 3. The molecule has 1 aliphatic rings. The molecule has 1 aliphatic heterocycles. The van der Waals surface area contributed by atoms with Crippen LogP contribution >= 0.6 is 0 Å². The van der Waals surface area contributed by atoms with Crippen molar-refractivity contribution in [3.05, 3.63) is 48.4 Å². The Hall–Kier alpha value is -2.60. The number of rotatable bonds is 3. The van der Waals surface area contributed by atoms with E-state index in [2.05, 4.69) is 44.1 Å². The lowest BCUT2D eigenvalue weighted by molar-refractivity contribution is 0.123. The van der Waals surface area contributed by atoms with E-state index in [4.69, 9.17) is 10.5 Å². The molecule has 6 nitrogen and oxygen atoms in total. The van der Waals surface area contributed by atoms with E-state index >= 15 is 0 Å². The van der Waals surface area contributed by atoms with Gasteiger partial charge in [0.05, 0.1) is 13.2 Å². The molecule has 0 saturated carbocycles. The van der Waals surface area contributed by atoms with Crippen LogP contribution in [0.4, 0.5) is 11.6 Å². The van der Waals surface area contributed by atoms with Crippen molar-refractivity contribution in [3.63, 3.8) is 0 Å². The molecule has 124 valence electrons. The Morgan fingerprint density at radius 2 is 2.21 bits per heavy atom. The second-order valence-electron chi connectivity index (χ2n) is 6.29. The molecule has 6 heteroatoms. The van der Waals surface area contributed by atoms with Crippen LogP contribution in [0, 0.1) is 5.92 Å².